The number of aromatic nitrogens is 5. The van der Waals surface area contributed by atoms with Gasteiger partial charge >= 0.3 is 0 Å². The van der Waals surface area contributed by atoms with Gasteiger partial charge in [0, 0.05) is 30.2 Å². The number of hydrogen-bond donors (Lipinski definition) is 4. The van der Waals surface area contributed by atoms with E-state index < -0.39 is 5.91 Å². The molecule has 11 heteroatoms. The minimum atomic E-state index is -0.683. The van der Waals surface area contributed by atoms with Gasteiger partial charge in [0.2, 0.25) is 0 Å². The summed E-state index contributed by atoms with van der Waals surface area (Å²) in [5, 5.41) is 18.5. The predicted octanol–water partition coefficient (Wildman–Crippen LogP) is 2.80. The number of carbonyl (C=O) groups is 1. The third-order valence-corrected chi connectivity index (χ3v) is 5.89. The third kappa shape index (κ3) is 5.87. The van der Waals surface area contributed by atoms with Crippen LogP contribution in [0.3, 0.4) is 0 Å². The zero-order valence-corrected chi connectivity index (χ0v) is 21.9. The van der Waals surface area contributed by atoms with Crippen LogP contribution in [0.2, 0.25) is 0 Å². The highest BCUT2D eigenvalue weighted by Gasteiger charge is 2.14. The van der Waals surface area contributed by atoms with Crippen molar-refractivity contribution in [1.82, 2.24) is 24.5 Å². The predicted molar refractivity (Wildman–Crippen MR) is 156 cm³/mol. The van der Waals surface area contributed by atoms with Crippen LogP contribution < -0.4 is 17.0 Å². The number of primary amides is 1. The molecule has 0 aliphatic carbocycles. The molecule has 0 atom stereocenters. The fraction of sp³-hybridized carbons (Fsp3) is 0.103. The van der Waals surface area contributed by atoms with Gasteiger partial charge in [-0.25, -0.2) is 4.99 Å². The van der Waals surface area contributed by atoms with Crippen LogP contribution in [-0.2, 0) is 13.5 Å². The van der Waals surface area contributed by atoms with Crippen molar-refractivity contribution in [2.45, 2.75) is 13.3 Å². The molecule has 0 saturated heterocycles. The minimum absolute atomic E-state index is 0.0268. The number of aromatic amines is 1. The molecule has 2 aromatic carbocycles. The first-order valence-electron chi connectivity index (χ1n) is 12.2. The maximum Gasteiger partial charge on any atom is 0.264 e. The van der Waals surface area contributed by atoms with Crippen molar-refractivity contribution in [1.29, 1.82) is 5.41 Å². The van der Waals surface area contributed by atoms with E-state index in [9.17, 15) is 9.59 Å². The normalized spacial score (nSPS) is 10.6. The molecule has 0 fully saturated rings. The Bertz CT molecular complexity index is 1830. The zero-order valence-electron chi connectivity index (χ0n) is 21.9. The first-order chi connectivity index (χ1) is 19.3. The van der Waals surface area contributed by atoms with Crippen LogP contribution in [0.15, 0.2) is 76.6 Å². The number of para-hydroxylation sites is 1. The number of nitrogen functional groups attached to an aromatic ring is 1. The lowest BCUT2D eigenvalue weighted by atomic mass is 10.0. The average molecular weight is 534 g/mol. The Balaban J connectivity index is 0.000000240. The topological polar surface area (TPSA) is 174 Å². The maximum atomic E-state index is 13.4. The summed E-state index contributed by atoms with van der Waals surface area (Å²) in [4.78, 5) is 27.7. The second-order valence-corrected chi connectivity index (χ2v) is 8.53. The first kappa shape index (κ1) is 27.3. The van der Waals surface area contributed by atoms with Gasteiger partial charge in [0.25, 0.3) is 11.5 Å². The highest BCUT2D eigenvalue weighted by molar-refractivity contribution is 6.04. The molecule has 0 spiro atoms. The highest BCUT2D eigenvalue weighted by Crippen LogP contribution is 2.19. The molecular weight excluding hydrogens is 506 g/mol. The van der Waals surface area contributed by atoms with Crippen LogP contribution in [0.4, 0.5) is 5.82 Å². The Morgan fingerprint density at radius 2 is 1.93 bits per heavy atom. The second kappa shape index (κ2) is 12.2. The van der Waals surface area contributed by atoms with E-state index in [-0.39, 0.29) is 16.9 Å². The molecule has 1 amide bonds. The summed E-state index contributed by atoms with van der Waals surface area (Å²) in [6, 6.07) is 19.5. The van der Waals surface area contributed by atoms with Crippen molar-refractivity contribution in [2.24, 2.45) is 17.8 Å². The van der Waals surface area contributed by atoms with Crippen molar-refractivity contribution < 1.29 is 4.79 Å². The largest absolute Gasteiger partial charge is 0.382 e. The van der Waals surface area contributed by atoms with Crippen LogP contribution in [-0.4, -0.2) is 43.0 Å². The van der Waals surface area contributed by atoms with Gasteiger partial charge in [0.15, 0.2) is 5.82 Å². The molecule has 0 aliphatic heterocycles. The summed E-state index contributed by atoms with van der Waals surface area (Å²) >= 11 is 0. The summed E-state index contributed by atoms with van der Waals surface area (Å²) in [7, 11) is 1.86. The van der Waals surface area contributed by atoms with Crippen LogP contribution in [0.1, 0.15) is 39.9 Å². The van der Waals surface area contributed by atoms with Gasteiger partial charge < -0.3 is 11.5 Å². The highest BCUT2D eigenvalue weighted by atomic mass is 16.1. The summed E-state index contributed by atoms with van der Waals surface area (Å²) in [5.74, 6) is 5.54. The fourth-order valence-corrected chi connectivity index (χ4v) is 4.09. The number of amides is 1. The van der Waals surface area contributed by atoms with Crippen LogP contribution in [0, 0.1) is 17.3 Å². The van der Waals surface area contributed by atoms with Gasteiger partial charge in [-0.15, -0.1) is 0 Å². The van der Waals surface area contributed by atoms with Gasteiger partial charge in [-0.05, 0) is 48.1 Å². The standard InChI is InChI=1S/C23H19N3O.C6H8N6O/c1-3-20-16-18-9-7-8-17(12-13-19-14-15-25(2)24-19)22(18)23(27)26(20)21-10-5-4-6-11-21;7-2-10-1-3-4(6(9)13)5(8)12-11-3/h4-11,14-16H,3H2,1-2H3;1-2,7H,(H2,9,13)(H3,8,11,12). The molecule has 0 bridgehead atoms. The Morgan fingerprint density at radius 1 is 1.15 bits per heavy atom. The summed E-state index contributed by atoms with van der Waals surface area (Å²) in [6.45, 7) is 2.06. The summed E-state index contributed by atoms with van der Waals surface area (Å²) < 4.78 is 3.50. The number of pyridine rings is 1. The van der Waals surface area contributed by atoms with Crippen molar-refractivity contribution in [3.8, 4) is 17.5 Å². The van der Waals surface area contributed by atoms with Crippen molar-refractivity contribution in [3.63, 3.8) is 0 Å². The SMILES string of the molecule is CCc1cc2cccc(C#Cc3ccn(C)n3)c2c(=O)n1-c1ccccc1.N=CN=Cc1[nH]nc(N)c1C(N)=O. The van der Waals surface area contributed by atoms with Gasteiger partial charge in [-0.1, -0.05) is 43.2 Å². The number of benzene rings is 2. The first-order valence-corrected chi connectivity index (χ1v) is 12.2. The molecule has 3 heterocycles. The molecule has 40 heavy (non-hydrogen) atoms. The molecule has 5 rings (SSSR count). The number of nitrogens with one attached hydrogen (secondary N) is 2. The fourth-order valence-electron chi connectivity index (χ4n) is 4.09. The third-order valence-electron chi connectivity index (χ3n) is 5.89. The number of aliphatic imine (C=N–C) groups is 1. The number of rotatable bonds is 5. The summed E-state index contributed by atoms with van der Waals surface area (Å²) in [6.07, 6.45) is 4.69. The lowest BCUT2D eigenvalue weighted by Gasteiger charge is -2.14. The Morgan fingerprint density at radius 3 is 2.58 bits per heavy atom. The van der Waals surface area contributed by atoms with Crippen molar-refractivity contribution in [3.05, 3.63) is 105 Å². The molecule has 0 unspecified atom stereocenters. The van der Waals surface area contributed by atoms with E-state index in [2.05, 4.69) is 45.1 Å². The Hall–Kier alpha value is -5.76. The number of fused-ring (bicyclic) bond motifs is 1. The van der Waals surface area contributed by atoms with Gasteiger partial charge in [0.1, 0.15) is 17.6 Å². The van der Waals surface area contributed by atoms with E-state index >= 15 is 0 Å². The van der Waals surface area contributed by atoms with E-state index in [1.165, 1.54) is 6.21 Å². The smallest absolute Gasteiger partial charge is 0.264 e. The molecule has 3 aromatic heterocycles. The molecule has 200 valence electrons. The molecule has 0 aliphatic rings. The van der Waals surface area contributed by atoms with Gasteiger partial charge in [-0.2, -0.15) is 10.2 Å². The van der Waals surface area contributed by atoms with Gasteiger partial charge in [-0.3, -0.25) is 29.3 Å². The quantitative estimate of drug-likeness (QED) is 0.154. The Labute approximate surface area is 229 Å². The van der Waals surface area contributed by atoms with E-state index in [1.54, 1.807) is 9.25 Å². The number of nitrogens with two attached hydrogens (primary N) is 2. The monoisotopic (exact) mass is 533 g/mol. The molecule has 5 aromatic rings. The van der Waals surface area contributed by atoms with Crippen LogP contribution in [0.5, 0.6) is 0 Å². The van der Waals surface area contributed by atoms with Crippen molar-refractivity contribution >= 4 is 35.1 Å². The maximum absolute atomic E-state index is 13.4. The van der Waals surface area contributed by atoms with Crippen LogP contribution >= 0.6 is 0 Å². The number of nitrogens with zero attached hydrogens (tertiary/aromatic N) is 5. The number of aryl methyl sites for hydroxylation is 2. The molecular formula is C29H27N9O2. The number of carbonyl (C=O) groups excluding carboxylic acids is 1. The van der Waals surface area contributed by atoms with Crippen LogP contribution in [0.25, 0.3) is 16.5 Å². The molecule has 6 N–H and O–H groups in total. The molecule has 11 nitrogen and oxygen atoms in total. The molecule has 0 saturated carbocycles. The van der Waals surface area contributed by atoms with E-state index in [0.29, 0.717) is 16.8 Å². The zero-order chi connectivity index (χ0) is 28.6. The van der Waals surface area contributed by atoms with E-state index in [0.717, 1.165) is 35.1 Å². The van der Waals surface area contributed by atoms with Crippen molar-refractivity contribution in [2.75, 3.05) is 5.73 Å². The lowest BCUT2D eigenvalue weighted by molar-refractivity contribution is 0.100. The molecule has 0 radical (unpaired) electrons. The van der Waals surface area contributed by atoms with E-state index in [4.69, 9.17) is 16.9 Å². The second-order valence-electron chi connectivity index (χ2n) is 8.53. The number of hydrogen-bond acceptors (Lipinski definition) is 6. The van der Waals surface area contributed by atoms with Gasteiger partial charge in [0.05, 0.1) is 17.3 Å². The number of H-pyrrole nitrogens is 1. The van der Waals surface area contributed by atoms with E-state index in [1.807, 2.05) is 67.8 Å². The minimum Gasteiger partial charge on any atom is -0.382 e. The average Bonchev–Trinajstić information content (AvgIpc) is 3.55. The Kier molecular flexibility index (Phi) is 8.31. The number of anilines is 1. The lowest BCUT2D eigenvalue weighted by Crippen LogP contribution is -2.22. The summed E-state index contributed by atoms with van der Waals surface area (Å²) in [5.41, 5.74) is 14.0.